The molecule has 0 bridgehead atoms. The maximum atomic E-state index is 12.7. The Kier molecular flexibility index (Phi) is 3.60. The molecule has 2 aliphatic rings. The van der Waals surface area contributed by atoms with E-state index >= 15 is 0 Å². The van der Waals surface area contributed by atoms with E-state index < -0.39 is 0 Å². The van der Waals surface area contributed by atoms with Gasteiger partial charge in [-0.25, -0.2) is 0 Å². The van der Waals surface area contributed by atoms with E-state index in [1.807, 2.05) is 6.07 Å². The van der Waals surface area contributed by atoms with Crippen LogP contribution in [0, 0.1) is 0 Å². The van der Waals surface area contributed by atoms with E-state index in [1.165, 1.54) is 25.7 Å². The van der Waals surface area contributed by atoms with Crippen LogP contribution in [-0.4, -0.2) is 29.4 Å². The second-order valence-electron chi connectivity index (χ2n) is 5.75. The van der Waals surface area contributed by atoms with Gasteiger partial charge in [-0.15, -0.1) is 0 Å². The van der Waals surface area contributed by atoms with Crippen LogP contribution in [0.5, 0.6) is 0 Å². The molecule has 1 aromatic rings. The summed E-state index contributed by atoms with van der Waals surface area (Å²) in [6.07, 6.45) is 10.2. The smallest absolute Gasteiger partial charge is 0.240 e. The lowest BCUT2D eigenvalue weighted by Gasteiger charge is -2.37. The number of likely N-dealkylation sites (tertiary alicyclic amines) is 1. The van der Waals surface area contributed by atoms with E-state index in [2.05, 4.69) is 10.2 Å². The van der Waals surface area contributed by atoms with Crippen LogP contribution in [0.25, 0.3) is 0 Å². The molecule has 1 aliphatic heterocycles. The van der Waals surface area contributed by atoms with Crippen LogP contribution < -0.4 is 5.32 Å². The van der Waals surface area contributed by atoms with Crippen LogP contribution in [0.2, 0.25) is 0 Å². The number of furan rings is 1. The molecule has 0 radical (unpaired) electrons. The SMILES string of the molecule is O=C(NCc1ccoc1)C1(N2CCCC2)CCCC1. The molecule has 0 unspecified atom stereocenters. The van der Waals surface area contributed by atoms with Crippen LogP contribution in [0.1, 0.15) is 44.1 Å². The van der Waals surface area contributed by atoms with Crippen molar-refractivity contribution in [2.75, 3.05) is 13.1 Å². The van der Waals surface area contributed by atoms with Crippen molar-refractivity contribution >= 4 is 5.91 Å². The summed E-state index contributed by atoms with van der Waals surface area (Å²) in [4.78, 5) is 15.1. The Balaban J connectivity index is 1.67. The third-order valence-electron chi connectivity index (χ3n) is 4.60. The number of rotatable bonds is 4. The van der Waals surface area contributed by atoms with Gasteiger partial charge in [0.2, 0.25) is 5.91 Å². The van der Waals surface area contributed by atoms with Gasteiger partial charge < -0.3 is 9.73 Å². The van der Waals surface area contributed by atoms with Gasteiger partial charge in [-0.05, 0) is 44.8 Å². The van der Waals surface area contributed by atoms with E-state index in [0.29, 0.717) is 6.54 Å². The van der Waals surface area contributed by atoms with Gasteiger partial charge in [0.25, 0.3) is 0 Å². The zero-order chi connectivity index (χ0) is 13.1. The molecule has 104 valence electrons. The summed E-state index contributed by atoms with van der Waals surface area (Å²) in [5, 5.41) is 3.10. The van der Waals surface area contributed by atoms with Crippen molar-refractivity contribution in [2.24, 2.45) is 0 Å². The van der Waals surface area contributed by atoms with Gasteiger partial charge in [-0.3, -0.25) is 9.69 Å². The second-order valence-corrected chi connectivity index (χ2v) is 5.75. The van der Waals surface area contributed by atoms with Gasteiger partial charge in [-0.1, -0.05) is 12.8 Å². The third kappa shape index (κ3) is 2.41. The van der Waals surface area contributed by atoms with Crippen LogP contribution in [0.4, 0.5) is 0 Å². The van der Waals surface area contributed by atoms with Crippen LogP contribution in [0.3, 0.4) is 0 Å². The Labute approximate surface area is 114 Å². The summed E-state index contributed by atoms with van der Waals surface area (Å²) in [6, 6.07) is 1.90. The minimum Gasteiger partial charge on any atom is -0.472 e. The number of amides is 1. The molecule has 19 heavy (non-hydrogen) atoms. The van der Waals surface area contributed by atoms with Crippen molar-refractivity contribution in [1.82, 2.24) is 10.2 Å². The van der Waals surface area contributed by atoms with Crippen LogP contribution >= 0.6 is 0 Å². The molecule has 4 heteroatoms. The minimum atomic E-state index is -0.222. The first kappa shape index (κ1) is 12.7. The number of carbonyl (C=O) groups is 1. The molecule has 1 N–H and O–H groups in total. The fraction of sp³-hybridized carbons (Fsp3) is 0.667. The molecule has 1 saturated carbocycles. The van der Waals surface area contributed by atoms with Crippen LogP contribution in [0.15, 0.2) is 23.0 Å². The van der Waals surface area contributed by atoms with Crippen molar-refractivity contribution < 1.29 is 9.21 Å². The number of hydrogen-bond acceptors (Lipinski definition) is 3. The Bertz CT molecular complexity index is 415. The summed E-state index contributed by atoms with van der Waals surface area (Å²) in [5.74, 6) is 0.216. The summed E-state index contributed by atoms with van der Waals surface area (Å²) in [5.41, 5.74) is 0.808. The van der Waals surface area contributed by atoms with E-state index in [-0.39, 0.29) is 11.4 Å². The topological polar surface area (TPSA) is 45.5 Å². The normalized spacial score (nSPS) is 22.7. The third-order valence-corrected chi connectivity index (χ3v) is 4.60. The molecule has 1 saturated heterocycles. The molecule has 1 aliphatic carbocycles. The van der Waals surface area contributed by atoms with Gasteiger partial charge in [0.1, 0.15) is 5.54 Å². The number of carbonyl (C=O) groups excluding carboxylic acids is 1. The van der Waals surface area contributed by atoms with Crippen LogP contribution in [-0.2, 0) is 11.3 Å². The Morgan fingerprint density at radius 1 is 1.26 bits per heavy atom. The Morgan fingerprint density at radius 2 is 2.00 bits per heavy atom. The fourth-order valence-corrected chi connectivity index (χ4v) is 3.53. The fourth-order valence-electron chi connectivity index (χ4n) is 3.53. The molecule has 0 atom stereocenters. The molecule has 3 rings (SSSR count). The molecule has 0 aromatic carbocycles. The molecular weight excluding hydrogens is 240 g/mol. The highest BCUT2D eigenvalue weighted by Gasteiger charge is 2.46. The highest BCUT2D eigenvalue weighted by atomic mass is 16.3. The summed E-state index contributed by atoms with van der Waals surface area (Å²) < 4.78 is 5.04. The molecule has 1 amide bonds. The Hall–Kier alpha value is -1.29. The zero-order valence-corrected chi connectivity index (χ0v) is 11.4. The predicted molar refractivity (Wildman–Crippen MR) is 72.6 cm³/mol. The molecule has 2 heterocycles. The quantitative estimate of drug-likeness (QED) is 0.905. The van der Waals surface area contributed by atoms with Gasteiger partial charge in [0, 0.05) is 12.1 Å². The minimum absolute atomic E-state index is 0.216. The molecule has 1 aromatic heterocycles. The van der Waals surface area contributed by atoms with Crippen molar-refractivity contribution in [2.45, 2.75) is 50.6 Å². The van der Waals surface area contributed by atoms with Gasteiger partial charge in [-0.2, -0.15) is 0 Å². The molecule has 0 spiro atoms. The first-order chi connectivity index (χ1) is 9.31. The Morgan fingerprint density at radius 3 is 2.63 bits per heavy atom. The lowest BCUT2D eigenvalue weighted by atomic mass is 9.94. The van der Waals surface area contributed by atoms with Gasteiger partial charge >= 0.3 is 0 Å². The largest absolute Gasteiger partial charge is 0.472 e. The monoisotopic (exact) mass is 262 g/mol. The molecule has 2 fully saturated rings. The number of nitrogens with one attached hydrogen (secondary N) is 1. The molecular formula is C15H22N2O2. The lowest BCUT2D eigenvalue weighted by Crippen LogP contribution is -2.56. The van der Waals surface area contributed by atoms with E-state index in [1.54, 1.807) is 12.5 Å². The van der Waals surface area contributed by atoms with Crippen molar-refractivity contribution in [1.29, 1.82) is 0 Å². The first-order valence-corrected chi connectivity index (χ1v) is 7.36. The van der Waals surface area contributed by atoms with Gasteiger partial charge in [0.05, 0.1) is 12.5 Å². The summed E-state index contributed by atoms with van der Waals surface area (Å²) in [7, 11) is 0. The van der Waals surface area contributed by atoms with Gasteiger partial charge in [0.15, 0.2) is 0 Å². The average Bonchev–Trinajstić information content (AvgIpc) is 3.15. The summed E-state index contributed by atoms with van der Waals surface area (Å²) in [6.45, 7) is 2.74. The van der Waals surface area contributed by atoms with Crippen molar-refractivity contribution in [3.8, 4) is 0 Å². The van der Waals surface area contributed by atoms with E-state index in [0.717, 1.165) is 31.5 Å². The highest BCUT2D eigenvalue weighted by molar-refractivity contribution is 5.86. The standard InChI is InChI=1S/C15H22N2O2/c18-14(16-11-13-5-10-19-12-13)15(6-1-2-7-15)17-8-3-4-9-17/h5,10,12H,1-4,6-9,11H2,(H,16,18). The van der Waals surface area contributed by atoms with E-state index in [4.69, 9.17) is 4.42 Å². The lowest BCUT2D eigenvalue weighted by molar-refractivity contribution is -0.133. The average molecular weight is 262 g/mol. The maximum absolute atomic E-state index is 12.7. The predicted octanol–water partition coefficient (Wildman–Crippen LogP) is 2.30. The number of nitrogens with zero attached hydrogens (tertiary/aromatic N) is 1. The summed E-state index contributed by atoms with van der Waals surface area (Å²) >= 11 is 0. The van der Waals surface area contributed by atoms with Crippen molar-refractivity contribution in [3.63, 3.8) is 0 Å². The second kappa shape index (κ2) is 5.37. The molecule has 4 nitrogen and oxygen atoms in total. The first-order valence-electron chi connectivity index (χ1n) is 7.36. The van der Waals surface area contributed by atoms with Crippen molar-refractivity contribution in [3.05, 3.63) is 24.2 Å². The highest BCUT2D eigenvalue weighted by Crippen LogP contribution is 2.37. The zero-order valence-electron chi connectivity index (χ0n) is 11.4. The van der Waals surface area contributed by atoms with E-state index in [9.17, 15) is 4.79 Å². The maximum Gasteiger partial charge on any atom is 0.240 e. The number of hydrogen-bond donors (Lipinski definition) is 1.